The Kier molecular flexibility index (Phi) is 5.25. The largest absolute Gasteiger partial charge is 0.342 e. The Hall–Kier alpha value is -3.48. The first kappa shape index (κ1) is 20.4. The normalized spacial score (nSPS) is 22.0. The highest BCUT2D eigenvalue weighted by Gasteiger charge is 2.50. The first-order valence-electron chi connectivity index (χ1n) is 11.1. The highest BCUT2D eigenvalue weighted by atomic mass is 16.2. The summed E-state index contributed by atoms with van der Waals surface area (Å²) in [5.41, 5.74) is 2.57. The van der Waals surface area contributed by atoms with E-state index >= 15 is 0 Å². The van der Waals surface area contributed by atoms with Gasteiger partial charge >= 0.3 is 0 Å². The molecule has 1 saturated heterocycles. The van der Waals surface area contributed by atoms with E-state index in [0.717, 1.165) is 36.3 Å². The molecule has 7 heteroatoms. The van der Waals surface area contributed by atoms with Crippen LogP contribution < -0.4 is 5.32 Å². The van der Waals surface area contributed by atoms with Gasteiger partial charge in [-0.2, -0.15) is 5.10 Å². The van der Waals surface area contributed by atoms with Gasteiger partial charge in [-0.1, -0.05) is 42.5 Å². The molecule has 0 radical (unpaired) electrons. The maximum atomic E-state index is 13.1. The van der Waals surface area contributed by atoms with E-state index in [-0.39, 0.29) is 23.3 Å². The molecule has 2 amide bonds. The molecular formula is C25H27N5O2. The quantitative estimate of drug-likeness (QED) is 0.692. The maximum absolute atomic E-state index is 13.1. The van der Waals surface area contributed by atoms with E-state index in [4.69, 9.17) is 0 Å². The van der Waals surface area contributed by atoms with Gasteiger partial charge in [0.15, 0.2) is 0 Å². The second-order valence-electron chi connectivity index (χ2n) is 8.89. The number of aromatic nitrogens is 3. The summed E-state index contributed by atoms with van der Waals surface area (Å²) in [7, 11) is 0. The molecule has 2 aliphatic rings. The molecule has 1 fully saturated rings. The summed E-state index contributed by atoms with van der Waals surface area (Å²) in [5.74, 6) is 0.779. The van der Waals surface area contributed by atoms with E-state index in [9.17, 15) is 9.59 Å². The number of hydrogen-bond acceptors (Lipinski definition) is 4. The second kappa shape index (κ2) is 8.22. The standard InChI is InChI=1S/C25H27N5O2/c1-18-7-5-6-10-20(18)15-21(31)29-13-11-25(16-29)12-14-30-23(26-17-27-30)22(25)28-24(32)19-8-3-2-4-9-19/h2-10,17,22H,11-16H2,1H3,(H,28,32)/t22-,25+/m0/s1. The Morgan fingerprint density at radius 2 is 1.81 bits per heavy atom. The van der Waals surface area contributed by atoms with Gasteiger partial charge in [-0.25, -0.2) is 9.67 Å². The second-order valence-corrected chi connectivity index (χ2v) is 8.89. The molecule has 2 atom stereocenters. The minimum absolute atomic E-state index is 0.129. The molecule has 164 valence electrons. The van der Waals surface area contributed by atoms with Crippen LogP contribution >= 0.6 is 0 Å². The van der Waals surface area contributed by atoms with E-state index in [1.54, 1.807) is 6.33 Å². The average Bonchev–Trinajstić information content (AvgIpc) is 3.46. The van der Waals surface area contributed by atoms with Crippen molar-refractivity contribution in [1.29, 1.82) is 0 Å². The van der Waals surface area contributed by atoms with Crippen molar-refractivity contribution in [2.45, 2.75) is 38.8 Å². The Labute approximate surface area is 187 Å². The fourth-order valence-corrected chi connectivity index (χ4v) is 5.07. The van der Waals surface area contributed by atoms with Crippen LogP contribution in [0.1, 0.15) is 46.2 Å². The molecule has 0 saturated carbocycles. The van der Waals surface area contributed by atoms with Gasteiger partial charge in [-0.15, -0.1) is 0 Å². The highest BCUT2D eigenvalue weighted by Crippen LogP contribution is 2.47. The molecule has 3 heterocycles. The smallest absolute Gasteiger partial charge is 0.251 e. The van der Waals surface area contributed by atoms with Crippen molar-refractivity contribution >= 4 is 11.8 Å². The first-order valence-corrected chi connectivity index (χ1v) is 11.1. The van der Waals surface area contributed by atoms with Crippen LogP contribution in [-0.2, 0) is 17.8 Å². The Bertz CT molecular complexity index is 1140. The van der Waals surface area contributed by atoms with E-state index in [0.29, 0.717) is 25.1 Å². The summed E-state index contributed by atoms with van der Waals surface area (Å²) in [6.45, 7) is 4.09. The van der Waals surface area contributed by atoms with Gasteiger partial charge in [0.2, 0.25) is 5.91 Å². The molecule has 0 bridgehead atoms. The van der Waals surface area contributed by atoms with Crippen molar-refractivity contribution < 1.29 is 9.59 Å². The highest BCUT2D eigenvalue weighted by molar-refractivity contribution is 5.94. The lowest BCUT2D eigenvalue weighted by Gasteiger charge is -2.40. The van der Waals surface area contributed by atoms with Crippen LogP contribution in [0.2, 0.25) is 0 Å². The van der Waals surface area contributed by atoms with Crippen molar-refractivity contribution in [1.82, 2.24) is 25.0 Å². The van der Waals surface area contributed by atoms with Crippen LogP contribution in [0.4, 0.5) is 0 Å². The summed E-state index contributed by atoms with van der Waals surface area (Å²) >= 11 is 0. The molecule has 32 heavy (non-hydrogen) atoms. The average molecular weight is 430 g/mol. The van der Waals surface area contributed by atoms with Crippen molar-refractivity contribution in [2.75, 3.05) is 13.1 Å². The third kappa shape index (κ3) is 3.68. The van der Waals surface area contributed by atoms with E-state index < -0.39 is 0 Å². The molecule has 1 N–H and O–H groups in total. The van der Waals surface area contributed by atoms with Gasteiger partial charge in [-0.05, 0) is 43.0 Å². The summed E-state index contributed by atoms with van der Waals surface area (Å²) < 4.78 is 1.87. The number of carbonyl (C=O) groups is 2. The van der Waals surface area contributed by atoms with Crippen LogP contribution in [-0.4, -0.2) is 44.6 Å². The number of carbonyl (C=O) groups excluding carboxylic acids is 2. The van der Waals surface area contributed by atoms with E-state index in [1.807, 2.05) is 71.1 Å². The number of nitrogens with zero attached hydrogens (tertiary/aromatic N) is 4. The molecule has 0 aliphatic carbocycles. The number of rotatable bonds is 4. The maximum Gasteiger partial charge on any atom is 0.251 e. The lowest BCUT2D eigenvalue weighted by atomic mass is 9.74. The zero-order valence-corrected chi connectivity index (χ0v) is 18.2. The van der Waals surface area contributed by atoms with Gasteiger partial charge in [-0.3, -0.25) is 9.59 Å². The zero-order chi connectivity index (χ0) is 22.1. The molecule has 7 nitrogen and oxygen atoms in total. The van der Waals surface area contributed by atoms with E-state index in [1.165, 1.54) is 0 Å². The van der Waals surface area contributed by atoms with Crippen LogP contribution in [0.5, 0.6) is 0 Å². The summed E-state index contributed by atoms with van der Waals surface area (Å²) in [6.07, 6.45) is 3.63. The van der Waals surface area contributed by atoms with Crippen molar-refractivity contribution in [2.24, 2.45) is 5.41 Å². The van der Waals surface area contributed by atoms with Gasteiger partial charge in [0, 0.05) is 30.6 Å². The van der Waals surface area contributed by atoms with Gasteiger partial charge in [0.05, 0.1) is 12.5 Å². The summed E-state index contributed by atoms with van der Waals surface area (Å²) in [6, 6.07) is 17.0. The lowest BCUT2D eigenvalue weighted by Crippen LogP contribution is -2.48. The Balaban J connectivity index is 1.38. The van der Waals surface area contributed by atoms with Crippen LogP contribution in [0.3, 0.4) is 0 Å². The number of amides is 2. The minimum atomic E-state index is -0.289. The third-order valence-electron chi connectivity index (χ3n) is 6.99. The molecule has 5 rings (SSSR count). The molecule has 2 aromatic carbocycles. The van der Waals surface area contributed by atoms with Crippen LogP contribution in [0, 0.1) is 12.3 Å². The molecular weight excluding hydrogens is 402 g/mol. The van der Waals surface area contributed by atoms with Gasteiger partial charge < -0.3 is 10.2 Å². The Morgan fingerprint density at radius 3 is 2.62 bits per heavy atom. The topological polar surface area (TPSA) is 80.1 Å². The molecule has 3 aromatic rings. The van der Waals surface area contributed by atoms with Crippen molar-refractivity contribution in [3.05, 3.63) is 83.4 Å². The molecule has 2 aliphatic heterocycles. The first-order chi connectivity index (χ1) is 15.6. The molecule has 0 unspecified atom stereocenters. The number of benzene rings is 2. The predicted molar refractivity (Wildman–Crippen MR) is 120 cm³/mol. The monoisotopic (exact) mass is 429 g/mol. The minimum Gasteiger partial charge on any atom is -0.342 e. The summed E-state index contributed by atoms with van der Waals surface area (Å²) in [5, 5.41) is 7.56. The number of nitrogens with one attached hydrogen (secondary N) is 1. The summed E-state index contributed by atoms with van der Waals surface area (Å²) in [4.78, 5) is 32.6. The van der Waals surface area contributed by atoms with E-state index in [2.05, 4.69) is 15.4 Å². The number of hydrogen-bond donors (Lipinski definition) is 1. The van der Waals surface area contributed by atoms with Gasteiger partial charge in [0.1, 0.15) is 12.2 Å². The molecule has 1 spiro atoms. The van der Waals surface area contributed by atoms with Crippen molar-refractivity contribution in [3.63, 3.8) is 0 Å². The SMILES string of the molecule is Cc1ccccc1CC(=O)N1CC[C@@]2(CCn3ncnc3[C@@H]2NC(=O)c2ccccc2)C1. The Morgan fingerprint density at radius 1 is 1.06 bits per heavy atom. The van der Waals surface area contributed by atoms with Crippen LogP contribution in [0.25, 0.3) is 0 Å². The van der Waals surface area contributed by atoms with Gasteiger partial charge in [0.25, 0.3) is 5.91 Å². The number of likely N-dealkylation sites (tertiary alicyclic amines) is 1. The predicted octanol–water partition coefficient (Wildman–Crippen LogP) is 2.92. The fourth-order valence-electron chi connectivity index (χ4n) is 5.07. The van der Waals surface area contributed by atoms with Crippen LogP contribution in [0.15, 0.2) is 60.9 Å². The third-order valence-corrected chi connectivity index (χ3v) is 6.99. The zero-order valence-electron chi connectivity index (χ0n) is 18.2. The fraction of sp³-hybridized carbons (Fsp3) is 0.360. The lowest BCUT2D eigenvalue weighted by molar-refractivity contribution is -0.130. The number of aryl methyl sites for hydroxylation is 2. The number of fused-ring (bicyclic) bond motifs is 1. The molecule has 1 aromatic heterocycles. The van der Waals surface area contributed by atoms with Crippen molar-refractivity contribution in [3.8, 4) is 0 Å².